The van der Waals surface area contributed by atoms with Gasteiger partial charge in [-0.25, -0.2) is 0 Å². The summed E-state index contributed by atoms with van der Waals surface area (Å²) in [6.07, 6.45) is 1.57. The summed E-state index contributed by atoms with van der Waals surface area (Å²) in [5.41, 5.74) is 2.12. The molecule has 0 fully saturated rings. The lowest BCUT2D eigenvalue weighted by atomic mass is 10.1. The largest absolute Gasteiger partial charge is 0.345 e. The van der Waals surface area contributed by atoms with E-state index in [9.17, 15) is 9.59 Å². The van der Waals surface area contributed by atoms with E-state index in [0.717, 1.165) is 5.56 Å². The molecule has 1 heterocycles. The first-order chi connectivity index (χ1) is 11.5. The van der Waals surface area contributed by atoms with E-state index in [1.165, 1.54) is 11.5 Å². The second-order valence-corrected chi connectivity index (χ2v) is 6.14. The maximum Gasteiger partial charge on any atom is 0.253 e. The Kier molecular flexibility index (Phi) is 4.40. The van der Waals surface area contributed by atoms with E-state index in [1.54, 1.807) is 24.4 Å². The fourth-order valence-corrected chi connectivity index (χ4v) is 2.92. The molecule has 5 heteroatoms. The van der Waals surface area contributed by atoms with E-state index in [4.69, 9.17) is 11.6 Å². The van der Waals surface area contributed by atoms with Crippen LogP contribution < -0.4 is 5.32 Å². The second kappa shape index (κ2) is 6.49. The van der Waals surface area contributed by atoms with Crippen LogP contribution in [0.4, 0.5) is 0 Å². The van der Waals surface area contributed by atoms with Crippen molar-refractivity contribution in [2.75, 3.05) is 0 Å². The van der Waals surface area contributed by atoms with Gasteiger partial charge in [0.05, 0.1) is 17.1 Å². The smallest absolute Gasteiger partial charge is 0.253 e. The number of rotatable bonds is 3. The first kappa shape index (κ1) is 16.3. The Balaban J connectivity index is 1.98. The number of hydrogen-bond donors (Lipinski definition) is 1. The highest BCUT2D eigenvalue weighted by molar-refractivity contribution is 6.31. The van der Waals surface area contributed by atoms with E-state index in [0.29, 0.717) is 21.5 Å². The molecule has 0 spiro atoms. The first-order valence-corrected chi connectivity index (χ1v) is 8.02. The molecule has 1 unspecified atom stereocenters. The highest BCUT2D eigenvalue weighted by atomic mass is 35.5. The molecule has 0 radical (unpaired) electrons. The minimum atomic E-state index is -0.237. The summed E-state index contributed by atoms with van der Waals surface area (Å²) in [5, 5.41) is 4.15. The molecule has 24 heavy (non-hydrogen) atoms. The fourth-order valence-electron chi connectivity index (χ4n) is 2.74. The van der Waals surface area contributed by atoms with Crippen molar-refractivity contribution >= 4 is 34.3 Å². The molecule has 1 amide bonds. The zero-order valence-corrected chi connectivity index (χ0v) is 14.2. The number of halogens is 1. The number of aromatic nitrogens is 1. The van der Waals surface area contributed by atoms with Gasteiger partial charge in [0.25, 0.3) is 5.91 Å². The lowest BCUT2D eigenvalue weighted by molar-refractivity contribution is 0.0940. The molecule has 3 rings (SSSR count). The Hall–Kier alpha value is -2.59. The molecule has 0 bridgehead atoms. The van der Waals surface area contributed by atoms with Crippen molar-refractivity contribution < 1.29 is 9.59 Å². The molecule has 1 aromatic heterocycles. The van der Waals surface area contributed by atoms with Crippen LogP contribution in [0.3, 0.4) is 0 Å². The monoisotopic (exact) mass is 340 g/mol. The van der Waals surface area contributed by atoms with Gasteiger partial charge in [-0.15, -0.1) is 0 Å². The van der Waals surface area contributed by atoms with E-state index in [1.807, 2.05) is 37.3 Å². The number of amides is 1. The van der Waals surface area contributed by atoms with Gasteiger partial charge in [-0.1, -0.05) is 41.9 Å². The summed E-state index contributed by atoms with van der Waals surface area (Å²) in [4.78, 5) is 24.5. The molecule has 0 saturated carbocycles. The van der Waals surface area contributed by atoms with Gasteiger partial charge < -0.3 is 5.32 Å². The number of fused-ring (bicyclic) bond motifs is 1. The molecular formula is C19H17ClN2O2. The molecule has 0 aliphatic heterocycles. The number of benzene rings is 2. The molecule has 3 aromatic rings. The number of nitrogens with zero attached hydrogens (tertiary/aromatic N) is 1. The van der Waals surface area contributed by atoms with Gasteiger partial charge in [-0.3, -0.25) is 14.2 Å². The third kappa shape index (κ3) is 3.05. The van der Waals surface area contributed by atoms with Crippen molar-refractivity contribution in [3.05, 3.63) is 70.9 Å². The van der Waals surface area contributed by atoms with Crippen molar-refractivity contribution in [1.82, 2.24) is 9.88 Å². The molecule has 2 aromatic carbocycles. The molecule has 0 aliphatic carbocycles. The standard InChI is InChI=1S/C19H17ClN2O2/c1-12(14-6-4-3-5-7-14)21-19(24)17-11-22(13(2)23)18-9-8-15(20)10-16(17)18/h3-12H,1-2H3,(H,21,24). The van der Waals surface area contributed by atoms with Crippen molar-refractivity contribution in [3.8, 4) is 0 Å². The third-order valence-electron chi connectivity index (χ3n) is 4.00. The van der Waals surface area contributed by atoms with Crippen molar-refractivity contribution in [1.29, 1.82) is 0 Å². The summed E-state index contributed by atoms with van der Waals surface area (Å²) in [5.74, 6) is -0.392. The minimum absolute atomic E-state index is 0.145. The van der Waals surface area contributed by atoms with Crippen LogP contribution in [0.1, 0.15) is 40.6 Å². The number of hydrogen-bond acceptors (Lipinski definition) is 2. The van der Waals surface area contributed by atoms with Crippen LogP contribution in [0, 0.1) is 0 Å². The molecule has 4 nitrogen and oxygen atoms in total. The van der Waals surface area contributed by atoms with E-state index >= 15 is 0 Å². The molecule has 0 saturated heterocycles. The van der Waals surface area contributed by atoms with Crippen LogP contribution in [0.25, 0.3) is 10.9 Å². The maximum atomic E-state index is 12.7. The van der Waals surface area contributed by atoms with Crippen LogP contribution in [-0.2, 0) is 0 Å². The van der Waals surface area contributed by atoms with E-state index in [-0.39, 0.29) is 17.9 Å². The van der Waals surface area contributed by atoms with Crippen LogP contribution in [0.5, 0.6) is 0 Å². The zero-order chi connectivity index (χ0) is 17.3. The number of nitrogens with one attached hydrogen (secondary N) is 1. The summed E-state index contributed by atoms with van der Waals surface area (Å²) in [6.45, 7) is 3.38. The summed E-state index contributed by atoms with van der Waals surface area (Å²) < 4.78 is 1.47. The highest BCUT2D eigenvalue weighted by Gasteiger charge is 2.19. The second-order valence-electron chi connectivity index (χ2n) is 5.70. The Morgan fingerprint density at radius 2 is 1.83 bits per heavy atom. The third-order valence-corrected chi connectivity index (χ3v) is 4.23. The maximum absolute atomic E-state index is 12.7. The van der Waals surface area contributed by atoms with Crippen LogP contribution >= 0.6 is 11.6 Å². The average Bonchev–Trinajstić information content (AvgIpc) is 2.94. The molecule has 1 atom stereocenters. The predicted octanol–water partition coefficient (Wildman–Crippen LogP) is 4.45. The summed E-state index contributed by atoms with van der Waals surface area (Å²) in [6, 6.07) is 14.7. The van der Waals surface area contributed by atoms with Crippen LogP contribution in [-0.4, -0.2) is 16.4 Å². The Morgan fingerprint density at radius 3 is 2.50 bits per heavy atom. The number of carbonyl (C=O) groups is 2. The van der Waals surface area contributed by atoms with Crippen LogP contribution in [0.2, 0.25) is 5.02 Å². The fraction of sp³-hybridized carbons (Fsp3) is 0.158. The zero-order valence-electron chi connectivity index (χ0n) is 13.4. The average molecular weight is 341 g/mol. The van der Waals surface area contributed by atoms with Gasteiger partial charge in [0.15, 0.2) is 0 Å². The molecular weight excluding hydrogens is 324 g/mol. The van der Waals surface area contributed by atoms with Gasteiger partial charge in [0, 0.05) is 23.5 Å². The highest BCUT2D eigenvalue weighted by Crippen LogP contribution is 2.25. The van der Waals surface area contributed by atoms with Crippen molar-refractivity contribution in [2.45, 2.75) is 19.9 Å². The molecule has 0 aliphatic rings. The number of carbonyl (C=O) groups excluding carboxylic acids is 2. The van der Waals surface area contributed by atoms with E-state index in [2.05, 4.69) is 5.32 Å². The van der Waals surface area contributed by atoms with E-state index < -0.39 is 0 Å². The Labute approximate surface area is 145 Å². The Morgan fingerprint density at radius 1 is 1.12 bits per heavy atom. The normalized spacial score (nSPS) is 12.1. The predicted molar refractivity (Wildman–Crippen MR) is 95.6 cm³/mol. The minimum Gasteiger partial charge on any atom is -0.345 e. The van der Waals surface area contributed by atoms with Crippen LogP contribution in [0.15, 0.2) is 54.7 Å². The lowest BCUT2D eigenvalue weighted by Gasteiger charge is -2.13. The lowest BCUT2D eigenvalue weighted by Crippen LogP contribution is -2.26. The molecule has 122 valence electrons. The van der Waals surface area contributed by atoms with Crippen molar-refractivity contribution in [3.63, 3.8) is 0 Å². The SMILES string of the molecule is CC(=O)n1cc(C(=O)NC(C)c2ccccc2)c2cc(Cl)ccc21. The quantitative estimate of drug-likeness (QED) is 0.766. The van der Waals surface area contributed by atoms with Gasteiger partial charge in [-0.2, -0.15) is 0 Å². The topological polar surface area (TPSA) is 51.1 Å². The summed E-state index contributed by atoms with van der Waals surface area (Å²) >= 11 is 6.06. The van der Waals surface area contributed by atoms with Gasteiger partial charge in [0.2, 0.25) is 5.91 Å². The van der Waals surface area contributed by atoms with Gasteiger partial charge >= 0.3 is 0 Å². The van der Waals surface area contributed by atoms with Gasteiger partial charge in [-0.05, 0) is 30.7 Å². The van der Waals surface area contributed by atoms with Gasteiger partial charge in [0.1, 0.15) is 0 Å². The van der Waals surface area contributed by atoms with Crippen molar-refractivity contribution in [2.24, 2.45) is 0 Å². The molecule has 1 N–H and O–H groups in total. The summed E-state index contributed by atoms with van der Waals surface area (Å²) in [7, 11) is 0. The first-order valence-electron chi connectivity index (χ1n) is 7.64. The Bertz CT molecular complexity index is 916.